The molecule has 29 heavy (non-hydrogen) atoms. The molecule has 0 radical (unpaired) electrons. The van der Waals surface area contributed by atoms with Crippen LogP contribution in [-0.2, 0) is 29.1 Å². The molecule has 7 nitrogen and oxygen atoms in total. The summed E-state index contributed by atoms with van der Waals surface area (Å²) in [6, 6.07) is 9.62. The Kier molecular flexibility index (Phi) is 4.30. The van der Waals surface area contributed by atoms with Gasteiger partial charge in [0.05, 0.1) is 25.8 Å². The van der Waals surface area contributed by atoms with Gasteiger partial charge in [-0.2, -0.15) is 0 Å². The highest BCUT2D eigenvalue weighted by Crippen LogP contribution is 2.32. The van der Waals surface area contributed by atoms with E-state index in [1.54, 1.807) is 24.3 Å². The lowest BCUT2D eigenvalue weighted by Gasteiger charge is -2.29. The van der Waals surface area contributed by atoms with Gasteiger partial charge in [-0.25, -0.2) is 0 Å². The Hall–Kier alpha value is -3.22. The maximum Gasteiger partial charge on any atom is 0.228 e. The summed E-state index contributed by atoms with van der Waals surface area (Å²) in [6.07, 6.45) is 2.65. The van der Waals surface area contributed by atoms with E-state index < -0.39 is 0 Å². The van der Waals surface area contributed by atoms with E-state index in [-0.39, 0.29) is 24.2 Å². The number of likely N-dealkylation sites (tertiary alicyclic amines) is 1. The summed E-state index contributed by atoms with van der Waals surface area (Å²) in [5.74, 6) is 1.32. The number of carbonyl (C=O) groups is 2. The maximum atomic E-state index is 13.2. The van der Waals surface area contributed by atoms with Crippen molar-refractivity contribution < 1.29 is 18.7 Å². The van der Waals surface area contributed by atoms with Crippen LogP contribution < -0.4 is 4.74 Å². The van der Waals surface area contributed by atoms with Crippen LogP contribution in [-0.4, -0.2) is 46.8 Å². The van der Waals surface area contributed by atoms with Crippen molar-refractivity contribution in [3.63, 3.8) is 0 Å². The minimum Gasteiger partial charge on any atom is -0.497 e. The zero-order valence-corrected chi connectivity index (χ0v) is 16.3. The number of hydrogen-bond donors (Lipinski definition) is 1. The molecule has 5 rings (SSSR count). The Morgan fingerprint density at radius 2 is 2.24 bits per heavy atom. The first-order valence-corrected chi connectivity index (χ1v) is 9.89. The van der Waals surface area contributed by atoms with Crippen LogP contribution in [0.4, 0.5) is 0 Å². The molecular weight excluding hydrogens is 370 g/mol. The monoisotopic (exact) mass is 393 g/mol. The summed E-state index contributed by atoms with van der Waals surface area (Å²) < 4.78 is 10.7. The molecule has 0 unspecified atom stereocenters. The third-order valence-corrected chi connectivity index (χ3v) is 5.98. The molecular formula is C22H23N3O4. The summed E-state index contributed by atoms with van der Waals surface area (Å²) in [5.41, 5.74) is 3.39. The van der Waals surface area contributed by atoms with Gasteiger partial charge in [-0.3, -0.25) is 9.59 Å². The molecule has 1 N–H and O–H groups in total. The molecule has 1 aromatic carbocycles. The second-order valence-corrected chi connectivity index (χ2v) is 7.76. The predicted molar refractivity (Wildman–Crippen MR) is 106 cm³/mol. The Morgan fingerprint density at radius 3 is 3.03 bits per heavy atom. The molecule has 0 saturated carbocycles. The van der Waals surface area contributed by atoms with E-state index in [4.69, 9.17) is 9.15 Å². The highest BCUT2D eigenvalue weighted by Gasteiger charge is 2.38. The van der Waals surface area contributed by atoms with E-state index >= 15 is 0 Å². The van der Waals surface area contributed by atoms with Gasteiger partial charge in [-0.1, -0.05) is 0 Å². The molecule has 4 heterocycles. The van der Waals surface area contributed by atoms with Crippen molar-refractivity contribution in [2.24, 2.45) is 5.92 Å². The second-order valence-electron chi connectivity index (χ2n) is 7.76. The number of benzene rings is 1. The van der Waals surface area contributed by atoms with Crippen LogP contribution in [0, 0.1) is 5.92 Å². The van der Waals surface area contributed by atoms with Gasteiger partial charge in [-0.05, 0) is 30.3 Å². The number of ether oxygens (including phenoxy) is 1. The highest BCUT2D eigenvalue weighted by molar-refractivity contribution is 5.91. The van der Waals surface area contributed by atoms with E-state index in [1.165, 1.54) is 5.69 Å². The fraction of sp³-hybridized carbons (Fsp3) is 0.364. The minimum absolute atomic E-state index is 0.00859. The van der Waals surface area contributed by atoms with Crippen LogP contribution in [0.2, 0.25) is 0 Å². The zero-order valence-electron chi connectivity index (χ0n) is 16.3. The number of amides is 2. The van der Waals surface area contributed by atoms with Gasteiger partial charge >= 0.3 is 0 Å². The first kappa shape index (κ1) is 17.8. The molecule has 150 valence electrons. The van der Waals surface area contributed by atoms with Crippen molar-refractivity contribution in [3.05, 3.63) is 53.6 Å². The van der Waals surface area contributed by atoms with Crippen molar-refractivity contribution >= 4 is 22.7 Å². The van der Waals surface area contributed by atoms with Crippen molar-refractivity contribution in [2.75, 3.05) is 20.2 Å². The molecule has 0 bridgehead atoms. The number of H-pyrrole nitrogens is 1. The highest BCUT2D eigenvalue weighted by atomic mass is 16.5. The van der Waals surface area contributed by atoms with Gasteiger partial charge in [0.2, 0.25) is 11.8 Å². The Labute approximate surface area is 168 Å². The van der Waals surface area contributed by atoms with E-state index in [0.717, 1.165) is 34.4 Å². The van der Waals surface area contributed by atoms with E-state index in [0.29, 0.717) is 26.2 Å². The van der Waals surface area contributed by atoms with Crippen LogP contribution in [0.3, 0.4) is 0 Å². The molecule has 1 atom stereocenters. The van der Waals surface area contributed by atoms with Crippen molar-refractivity contribution in [3.8, 4) is 5.75 Å². The molecule has 1 saturated heterocycles. The van der Waals surface area contributed by atoms with Crippen molar-refractivity contribution in [2.45, 2.75) is 25.9 Å². The van der Waals surface area contributed by atoms with Crippen LogP contribution in [0.5, 0.6) is 5.75 Å². The van der Waals surface area contributed by atoms with E-state index in [1.807, 2.05) is 29.2 Å². The molecule has 2 aliphatic heterocycles. The third kappa shape index (κ3) is 3.16. The molecule has 3 aromatic rings. The first-order chi connectivity index (χ1) is 14.1. The minimum atomic E-state index is -0.293. The normalized spacial score (nSPS) is 19.1. The molecule has 0 aliphatic carbocycles. The van der Waals surface area contributed by atoms with Crippen molar-refractivity contribution in [1.82, 2.24) is 14.8 Å². The van der Waals surface area contributed by atoms with Gasteiger partial charge in [-0.15, -0.1) is 0 Å². The van der Waals surface area contributed by atoms with Gasteiger partial charge < -0.3 is 23.9 Å². The Morgan fingerprint density at radius 1 is 1.34 bits per heavy atom. The number of fused-ring (bicyclic) bond motifs is 3. The summed E-state index contributed by atoms with van der Waals surface area (Å²) in [5, 5.41) is 1.10. The average Bonchev–Trinajstić information content (AvgIpc) is 3.46. The summed E-state index contributed by atoms with van der Waals surface area (Å²) >= 11 is 0. The van der Waals surface area contributed by atoms with Gasteiger partial charge in [0.15, 0.2) is 0 Å². The molecule has 0 spiro atoms. The first-order valence-electron chi connectivity index (χ1n) is 9.89. The third-order valence-electron chi connectivity index (χ3n) is 5.98. The predicted octanol–water partition coefficient (Wildman–Crippen LogP) is 2.70. The number of hydrogen-bond acceptors (Lipinski definition) is 4. The smallest absolute Gasteiger partial charge is 0.228 e. The summed E-state index contributed by atoms with van der Waals surface area (Å²) in [6.45, 7) is 2.09. The number of aromatic amines is 1. The van der Waals surface area contributed by atoms with Crippen molar-refractivity contribution in [1.29, 1.82) is 0 Å². The number of methoxy groups -OCH3 is 1. The molecule has 1 fully saturated rings. The van der Waals surface area contributed by atoms with Crippen LogP contribution in [0.25, 0.3) is 10.9 Å². The van der Waals surface area contributed by atoms with Gasteiger partial charge in [0.25, 0.3) is 0 Å². The van der Waals surface area contributed by atoms with Gasteiger partial charge in [0, 0.05) is 54.6 Å². The van der Waals surface area contributed by atoms with E-state index in [2.05, 4.69) is 4.98 Å². The lowest BCUT2D eigenvalue weighted by molar-refractivity contribution is -0.136. The zero-order chi connectivity index (χ0) is 20.0. The average molecular weight is 393 g/mol. The maximum absolute atomic E-state index is 13.2. The van der Waals surface area contributed by atoms with Crippen LogP contribution >= 0.6 is 0 Å². The number of carbonyl (C=O) groups excluding carboxylic acids is 2. The molecule has 2 amide bonds. The van der Waals surface area contributed by atoms with E-state index in [9.17, 15) is 9.59 Å². The fourth-order valence-electron chi connectivity index (χ4n) is 4.45. The SMILES string of the molecule is COc1ccc2[nH]c3c(c2c1)CN(C(=O)[C@H]1CC(=O)N(Cc2ccco2)C1)CC3. The number of nitrogens with one attached hydrogen (secondary N) is 1. The standard InChI is InChI=1S/C22H23N3O4/c1-28-15-4-5-19-17(10-15)18-13-24(7-6-20(18)23-19)22(27)14-9-21(26)25(11-14)12-16-3-2-8-29-16/h2-5,8,10,14,23H,6-7,9,11-13H2,1H3/t14-/m0/s1. The Bertz CT molecular complexity index is 1070. The Balaban J connectivity index is 1.32. The number of aromatic nitrogens is 1. The summed E-state index contributed by atoms with van der Waals surface area (Å²) in [7, 11) is 1.65. The molecule has 7 heteroatoms. The topological polar surface area (TPSA) is 78.8 Å². The lowest BCUT2D eigenvalue weighted by atomic mass is 10.0. The van der Waals surface area contributed by atoms with Crippen LogP contribution in [0.15, 0.2) is 41.0 Å². The largest absolute Gasteiger partial charge is 0.497 e. The lowest BCUT2D eigenvalue weighted by Crippen LogP contribution is -2.40. The number of nitrogens with zero attached hydrogens (tertiary/aromatic N) is 2. The second kappa shape index (κ2) is 6.99. The molecule has 2 aromatic heterocycles. The number of furan rings is 1. The number of rotatable bonds is 4. The summed E-state index contributed by atoms with van der Waals surface area (Å²) in [4.78, 5) is 32.6. The molecule has 2 aliphatic rings. The van der Waals surface area contributed by atoms with Crippen LogP contribution in [0.1, 0.15) is 23.4 Å². The quantitative estimate of drug-likeness (QED) is 0.739. The van der Waals surface area contributed by atoms with Gasteiger partial charge in [0.1, 0.15) is 11.5 Å². The fourth-order valence-corrected chi connectivity index (χ4v) is 4.45.